The van der Waals surface area contributed by atoms with E-state index in [0.717, 1.165) is 12.1 Å². The summed E-state index contributed by atoms with van der Waals surface area (Å²) in [6.45, 7) is 11.8. The van der Waals surface area contributed by atoms with E-state index < -0.39 is 29.1 Å². The summed E-state index contributed by atoms with van der Waals surface area (Å²) in [5.74, 6) is -1.51. The van der Waals surface area contributed by atoms with Crippen LogP contribution in [0.15, 0.2) is 36.4 Å². The SMILES string of the molecule is C=C(Nc1c(C)[nH]c(/C=C2\C(=O)Nc3cc(N/C(=C/CC)CO)c(F)cc32)c1C(F)(F)F)OC(C)(C)C. The van der Waals surface area contributed by atoms with Crippen LogP contribution in [0.5, 0.6) is 0 Å². The number of rotatable bonds is 8. The monoisotopic (exact) mass is 522 g/mol. The first-order chi connectivity index (χ1) is 17.1. The van der Waals surface area contributed by atoms with Crippen molar-refractivity contribution in [2.45, 2.75) is 52.8 Å². The topological polar surface area (TPSA) is 98.4 Å². The lowest BCUT2D eigenvalue weighted by atomic mass is 10.0. The van der Waals surface area contributed by atoms with Gasteiger partial charge in [-0.2, -0.15) is 13.2 Å². The smallest absolute Gasteiger partial charge is 0.420 e. The largest absolute Gasteiger partial charge is 0.474 e. The molecule has 0 fully saturated rings. The number of fused-ring (bicyclic) bond motifs is 1. The molecule has 11 heteroatoms. The number of anilines is 3. The van der Waals surface area contributed by atoms with Gasteiger partial charge in [0.2, 0.25) is 0 Å². The van der Waals surface area contributed by atoms with Crippen LogP contribution in [0.4, 0.5) is 34.6 Å². The van der Waals surface area contributed by atoms with E-state index in [1.165, 1.54) is 13.0 Å². The lowest BCUT2D eigenvalue weighted by molar-refractivity contribution is -0.137. The minimum absolute atomic E-state index is 0.00426. The Balaban J connectivity index is 2.06. The number of nitrogens with one attached hydrogen (secondary N) is 4. The standard InChI is InChI=1S/C26H30F4N4O3/c1-7-8-15(12-35)33-20-11-19-16(9-18(20)27)17(24(36)34-19)10-21-22(26(28,29)30)23(13(2)31-21)32-14(3)37-25(4,5)6/h8-11,31-33,35H,3,7,12H2,1-2,4-6H3,(H,34,36)/b15-8+,17-10-. The van der Waals surface area contributed by atoms with Crippen LogP contribution in [0.2, 0.25) is 0 Å². The maximum absolute atomic E-state index is 14.9. The molecule has 7 nitrogen and oxygen atoms in total. The van der Waals surface area contributed by atoms with Crippen molar-refractivity contribution in [2.75, 3.05) is 22.6 Å². The molecule has 3 rings (SSSR count). The number of ether oxygens (including phenoxy) is 1. The van der Waals surface area contributed by atoms with Crippen molar-refractivity contribution in [3.63, 3.8) is 0 Å². The van der Waals surface area contributed by atoms with Crippen LogP contribution in [0, 0.1) is 12.7 Å². The summed E-state index contributed by atoms with van der Waals surface area (Å²) in [7, 11) is 0. The van der Waals surface area contributed by atoms with E-state index >= 15 is 0 Å². The highest BCUT2D eigenvalue weighted by Crippen LogP contribution is 2.43. The molecule has 1 aromatic carbocycles. The van der Waals surface area contributed by atoms with Crippen molar-refractivity contribution in [1.82, 2.24) is 4.98 Å². The first-order valence-corrected chi connectivity index (χ1v) is 11.5. The molecule has 0 spiro atoms. The second-order valence-electron chi connectivity index (χ2n) is 9.48. The number of allylic oxidation sites excluding steroid dienone is 1. The van der Waals surface area contributed by atoms with Crippen LogP contribution in [-0.4, -0.2) is 28.2 Å². The minimum Gasteiger partial charge on any atom is -0.474 e. The Bertz CT molecular complexity index is 1280. The molecular weight excluding hydrogens is 492 g/mol. The van der Waals surface area contributed by atoms with Gasteiger partial charge in [-0.15, -0.1) is 0 Å². The highest BCUT2D eigenvalue weighted by atomic mass is 19.4. The molecule has 0 saturated carbocycles. The molecule has 0 saturated heterocycles. The Morgan fingerprint density at radius 3 is 2.46 bits per heavy atom. The molecule has 200 valence electrons. The van der Waals surface area contributed by atoms with Gasteiger partial charge >= 0.3 is 6.18 Å². The lowest BCUT2D eigenvalue weighted by Gasteiger charge is -2.24. The van der Waals surface area contributed by atoms with E-state index in [-0.39, 0.29) is 52.1 Å². The molecule has 1 aliphatic rings. The van der Waals surface area contributed by atoms with Crippen LogP contribution in [0.25, 0.3) is 11.6 Å². The fraction of sp³-hybridized carbons (Fsp3) is 0.346. The quantitative estimate of drug-likeness (QED) is 0.158. The summed E-state index contributed by atoms with van der Waals surface area (Å²) < 4.78 is 62.9. The summed E-state index contributed by atoms with van der Waals surface area (Å²) >= 11 is 0. The van der Waals surface area contributed by atoms with Crippen molar-refractivity contribution in [3.8, 4) is 0 Å². The number of aliphatic hydroxyl groups is 1. The summed E-state index contributed by atoms with van der Waals surface area (Å²) in [5, 5.41) is 17.3. The number of carbonyl (C=O) groups excluding carboxylic acids is 1. The number of aliphatic hydroxyl groups excluding tert-OH is 1. The van der Waals surface area contributed by atoms with E-state index in [9.17, 15) is 27.5 Å². The van der Waals surface area contributed by atoms with E-state index in [0.29, 0.717) is 12.1 Å². The third-order valence-electron chi connectivity index (χ3n) is 5.29. The zero-order valence-electron chi connectivity index (χ0n) is 21.2. The molecule has 2 aromatic rings. The molecule has 0 unspecified atom stereocenters. The van der Waals surface area contributed by atoms with Crippen molar-refractivity contribution < 1.29 is 32.2 Å². The van der Waals surface area contributed by atoms with E-state index in [1.807, 2.05) is 6.92 Å². The number of amides is 1. The summed E-state index contributed by atoms with van der Waals surface area (Å²) in [5.41, 5.74) is -1.72. The molecular formula is C26H30F4N4O3. The number of aromatic amines is 1. The molecule has 0 aliphatic carbocycles. The van der Waals surface area contributed by atoms with Crippen molar-refractivity contribution >= 4 is 34.6 Å². The fourth-order valence-corrected chi connectivity index (χ4v) is 3.91. The second-order valence-corrected chi connectivity index (χ2v) is 9.48. The Hall–Kier alpha value is -3.73. The average molecular weight is 523 g/mol. The molecule has 2 heterocycles. The Labute approximate surface area is 212 Å². The highest BCUT2D eigenvalue weighted by molar-refractivity contribution is 6.35. The van der Waals surface area contributed by atoms with Crippen LogP contribution >= 0.6 is 0 Å². The zero-order chi connectivity index (χ0) is 27.7. The predicted octanol–water partition coefficient (Wildman–Crippen LogP) is 6.37. The van der Waals surface area contributed by atoms with Crippen LogP contribution in [0.3, 0.4) is 0 Å². The van der Waals surface area contributed by atoms with Gasteiger partial charge in [0.25, 0.3) is 5.91 Å². The van der Waals surface area contributed by atoms with Gasteiger partial charge in [-0.1, -0.05) is 13.0 Å². The third-order valence-corrected chi connectivity index (χ3v) is 5.29. The number of carbonyl (C=O) groups is 1. The van der Waals surface area contributed by atoms with Crippen molar-refractivity contribution in [3.05, 3.63) is 64.7 Å². The van der Waals surface area contributed by atoms with E-state index in [4.69, 9.17) is 4.74 Å². The van der Waals surface area contributed by atoms with E-state index in [1.54, 1.807) is 26.8 Å². The van der Waals surface area contributed by atoms with Gasteiger partial charge in [0.05, 0.1) is 34.9 Å². The van der Waals surface area contributed by atoms with Gasteiger partial charge in [-0.3, -0.25) is 4.79 Å². The maximum atomic E-state index is 14.9. The fourth-order valence-electron chi connectivity index (χ4n) is 3.91. The highest BCUT2D eigenvalue weighted by Gasteiger charge is 2.39. The van der Waals surface area contributed by atoms with Gasteiger partial charge in [-0.25, -0.2) is 4.39 Å². The summed E-state index contributed by atoms with van der Waals surface area (Å²) in [6, 6.07) is 2.39. The number of alkyl halides is 3. The Kier molecular flexibility index (Phi) is 7.78. The molecule has 0 bridgehead atoms. The van der Waals surface area contributed by atoms with Crippen molar-refractivity contribution in [1.29, 1.82) is 0 Å². The molecule has 1 amide bonds. The number of H-pyrrole nitrogens is 1. The van der Waals surface area contributed by atoms with Gasteiger partial charge < -0.3 is 30.8 Å². The Morgan fingerprint density at radius 2 is 1.89 bits per heavy atom. The zero-order valence-corrected chi connectivity index (χ0v) is 21.2. The van der Waals surface area contributed by atoms with Crippen LogP contribution in [-0.2, 0) is 15.7 Å². The third kappa shape index (κ3) is 6.34. The second kappa shape index (κ2) is 10.3. The first-order valence-electron chi connectivity index (χ1n) is 11.5. The first kappa shape index (κ1) is 27.9. The molecule has 1 aliphatic heterocycles. The van der Waals surface area contributed by atoms with E-state index in [2.05, 4.69) is 27.5 Å². The number of benzene rings is 1. The lowest BCUT2D eigenvalue weighted by Crippen LogP contribution is -2.22. The summed E-state index contributed by atoms with van der Waals surface area (Å²) in [6.07, 6.45) is -1.48. The van der Waals surface area contributed by atoms with Gasteiger partial charge in [0.1, 0.15) is 17.0 Å². The van der Waals surface area contributed by atoms with Gasteiger partial charge in [-0.05, 0) is 58.9 Å². The summed E-state index contributed by atoms with van der Waals surface area (Å²) in [4.78, 5) is 15.4. The predicted molar refractivity (Wildman–Crippen MR) is 136 cm³/mol. The average Bonchev–Trinajstić information content (AvgIpc) is 3.22. The van der Waals surface area contributed by atoms with Crippen molar-refractivity contribution in [2.24, 2.45) is 0 Å². The van der Waals surface area contributed by atoms with Crippen LogP contribution < -0.4 is 16.0 Å². The van der Waals surface area contributed by atoms with Crippen LogP contribution in [0.1, 0.15) is 56.6 Å². The number of hydrogen-bond donors (Lipinski definition) is 5. The Morgan fingerprint density at radius 1 is 1.22 bits per heavy atom. The number of hydrogen-bond acceptors (Lipinski definition) is 5. The number of aromatic nitrogens is 1. The van der Waals surface area contributed by atoms with Gasteiger partial charge in [0.15, 0.2) is 5.88 Å². The molecule has 0 atom stereocenters. The number of halogens is 4. The molecule has 37 heavy (non-hydrogen) atoms. The molecule has 5 N–H and O–H groups in total. The minimum atomic E-state index is -4.80. The molecule has 0 radical (unpaired) electrons. The number of aryl methyl sites for hydroxylation is 1. The normalized spacial score (nSPS) is 15.0. The van der Waals surface area contributed by atoms with Gasteiger partial charge in [0, 0.05) is 17.0 Å². The molecule has 1 aromatic heterocycles. The maximum Gasteiger partial charge on any atom is 0.420 e.